The molecule has 0 unspecified atom stereocenters. The van der Waals surface area contributed by atoms with Crippen molar-refractivity contribution in [3.8, 4) is 11.3 Å². The van der Waals surface area contributed by atoms with Gasteiger partial charge in [0, 0.05) is 69.7 Å². The Labute approximate surface area is 319 Å². The minimum absolute atomic E-state index is 0. The number of nitrogens with zero attached hydrogens (tertiary/aromatic N) is 3. The van der Waals surface area contributed by atoms with Crippen LogP contribution >= 0.6 is 11.3 Å². The summed E-state index contributed by atoms with van der Waals surface area (Å²) in [4.78, 5) is 25.8. The van der Waals surface area contributed by atoms with Crippen LogP contribution in [0, 0.1) is 37.2 Å². The molecule has 0 spiro atoms. The first kappa shape index (κ1) is 39.8. The number of aliphatic hydroxyl groups is 1. The zero-order chi connectivity index (χ0) is 37.1. The Morgan fingerprint density at radius 2 is 1.58 bits per heavy atom. The standard InChI is InChI=1S/C30H32N3S.C13H24O2.Ir/c1-17-11-22-24(14-21(17)15-29(3,4)5)34-28-26(31-16-32-27(22)28)20-12-19-10-9-18(2)33-25(19)23(13-20)30(6,7)8;1-5-10(6-2)12(14)9-13(15)11(7-3)8-4;/h9-11,13-14,16H,15H2,1-8H3;9-11,14H,5-8H2,1-4H3;/q-1;;/b;12-9-;/i16D;;. The topological polar surface area (TPSA) is 76.0 Å². The van der Waals surface area contributed by atoms with Crippen molar-refractivity contribution in [3.05, 3.63) is 76.9 Å². The van der Waals surface area contributed by atoms with Crippen LogP contribution in [0.1, 0.15) is 119 Å². The quantitative estimate of drug-likeness (QED) is 0.0907. The van der Waals surface area contributed by atoms with Gasteiger partial charge in [-0.15, -0.1) is 29.5 Å². The van der Waals surface area contributed by atoms with Crippen LogP contribution in [-0.4, -0.2) is 25.8 Å². The van der Waals surface area contributed by atoms with Crippen LogP contribution in [0.5, 0.6) is 0 Å². The summed E-state index contributed by atoms with van der Waals surface area (Å²) in [6.45, 7) is 25.7. The maximum atomic E-state index is 11.7. The third-order valence-electron chi connectivity index (χ3n) is 9.37. The maximum absolute atomic E-state index is 11.7. The van der Waals surface area contributed by atoms with E-state index in [9.17, 15) is 9.90 Å². The monoisotopic (exact) mass is 872 g/mol. The van der Waals surface area contributed by atoms with Crippen molar-refractivity contribution in [1.82, 2.24) is 15.0 Å². The number of allylic oxidation sites excluding steroid dienone is 2. The first-order valence-corrected chi connectivity index (χ1v) is 18.7. The normalized spacial score (nSPS) is 12.8. The summed E-state index contributed by atoms with van der Waals surface area (Å²) < 4.78 is 10.6. The van der Waals surface area contributed by atoms with E-state index in [-0.39, 0.29) is 60.6 Å². The largest absolute Gasteiger partial charge is 0.512 e. The summed E-state index contributed by atoms with van der Waals surface area (Å²) >= 11 is 1.72. The summed E-state index contributed by atoms with van der Waals surface area (Å²) in [5.74, 6) is 0.547. The van der Waals surface area contributed by atoms with Crippen LogP contribution in [0.3, 0.4) is 0 Å². The molecule has 0 aliphatic rings. The van der Waals surface area contributed by atoms with Crippen LogP contribution in [0.25, 0.3) is 42.5 Å². The van der Waals surface area contributed by atoms with Gasteiger partial charge in [0.15, 0.2) is 5.78 Å². The average molecular weight is 872 g/mol. The van der Waals surface area contributed by atoms with Gasteiger partial charge in [-0.1, -0.05) is 91.8 Å². The Bertz CT molecular complexity index is 2030. The summed E-state index contributed by atoms with van der Waals surface area (Å²) in [5, 5.41) is 11.8. The van der Waals surface area contributed by atoms with Gasteiger partial charge < -0.3 is 5.11 Å². The SMILES string of the molecule is CCC(CC)C(=O)/C=C(\O)C(CC)CC.[2H]c1nc(-c2[c-]c3ccc(C)nc3c(C(C)(C)C)c2)c2sc3cc(CC(C)(C)C)c(C)cc3c2n1.[Ir]. The van der Waals surface area contributed by atoms with Crippen molar-refractivity contribution in [2.45, 2.75) is 121 Å². The predicted molar refractivity (Wildman–Crippen MR) is 210 cm³/mol. The van der Waals surface area contributed by atoms with Crippen LogP contribution < -0.4 is 0 Å². The van der Waals surface area contributed by atoms with E-state index in [1.54, 1.807) is 11.3 Å². The number of thiophene rings is 1. The van der Waals surface area contributed by atoms with E-state index in [1.807, 2.05) is 40.7 Å². The number of aliphatic hydroxyl groups excluding tert-OH is 1. The molecule has 0 saturated carbocycles. The van der Waals surface area contributed by atoms with Crippen molar-refractivity contribution in [2.75, 3.05) is 0 Å². The number of fused-ring (bicyclic) bond motifs is 4. The van der Waals surface area contributed by atoms with Gasteiger partial charge >= 0.3 is 0 Å². The fraction of sp³-hybridized carbons (Fsp3) is 0.488. The molecule has 0 amide bonds. The van der Waals surface area contributed by atoms with Gasteiger partial charge in [-0.25, -0.2) is 4.98 Å². The van der Waals surface area contributed by atoms with Crippen LogP contribution in [0.15, 0.2) is 48.5 Å². The minimum atomic E-state index is -0.0992. The van der Waals surface area contributed by atoms with Gasteiger partial charge in [-0.3, -0.25) is 14.8 Å². The summed E-state index contributed by atoms with van der Waals surface area (Å²) in [7, 11) is 0. The molecule has 1 radical (unpaired) electrons. The Balaban J connectivity index is 0.000000374. The zero-order valence-corrected chi connectivity index (χ0v) is 35.3. The molecule has 7 heteroatoms. The first-order chi connectivity index (χ1) is 23.4. The van der Waals surface area contributed by atoms with E-state index in [2.05, 4.69) is 88.8 Å². The van der Waals surface area contributed by atoms with Gasteiger partial charge in [0.25, 0.3) is 0 Å². The number of aryl methyl sites for hydroxylation is 2. The molecule has 0 aliphatic heterocycles. The van der Waals surface area contributed by atoms with E-state index in [0.717, 1.165) is 81.1 Å². The minimum Gasteiger partial charge on any atom is -0.512 e. The molecule has 50 heavy (non-hydrogen) atoms. The smallest absolute Gasteiger partial charge is 0.162 e. The third-order valence-corrected chi connectivity index (χ3v) is 10.5. The molecule has 271 valence electrons. The number of hydrogen-bond donors (Lipinski definition) is 1. The fourth-order valence-electron chi connectivity index (χ4n) is 6.41. The maximum Gasteiger partial charge on any atom is 0.162 e. The van der Waals surface area contributed by atoms with Gasteiger partial charge in [0.1, 0.15) is 7.67 Å². The molecule has 5 nitrogen and oxygen atoms in total. The average Bonchev–Trinajstić information content (AvgIpc) is 3.37. The number of hydrogen-bond acceptors (Lipinski definition) is 6. The molecule has 0 saturated heterocycles. The number of ketones is 1. The van der Waals surface area contributed by atoms with E-state index >= 15 is 0 Å². The number of carbonyl (C=O) groups is 1. The van der Waals surface area contributed by atoms with Gasteiger partial charge in [0.05, 0.1) is 11.3 Å². The van der Waals surface area contributed by atoms with E-state index in [1.165, 1.54) is 21.9 Å². The summed E-state index contributed by atoms with van der Waals surface area (Å²) in [5.41, 5.74) is 8.42. The second kappa shape index (κ2) is 17.0. The zero-order valence-electron chi connectivity index (χ0n) is 33.1. The Hall–Kier alpha value is -2.99. The van der Waals surface area contributed by atoms with Crippen LogP contribution in [0.4, 0.5) is 0 Å². The molecule has 0 aliphatic carbocycles. The van der Waals surface area contributed by atoms with Gasteiger partial charge in [-0.2, -0.15) is 0 Å². The number of rotatable bonds is 9. The predicted octanol–water partition coefficient (Wildman–Crippen LogP) is 12.2. The molecule has 5 aromatic rings. The number of aromatic nitrogens is 3. The number of carbonyl (C=O) groups excluding carboxylic acids is 1. The molecular formula is C43H56IrN3O2S-. The molecule has 2 aromatic carbocycles. The second-order valence-corrected chi connectivity index (χ2v) is 16.7. The van der Waals surface area contributed by atoms with E-state index in [4.69, 9.17) is 6.35 Å². The Morgan fingerprint density at radius 3 is 2.16 bits per heavy atom. The van der Waals surface area contributed by atoms with Crippen molar-refractivity contribution in [2.24, 2.45) is 17.3 Å². The van der Waals surface area contributed by atoms with E-state index < -0.39 is 0 Å². The molecular weight excluding hydrogens is 815 g/mol. The van der Waals surface area contributed by atoms with Crippen LogP contribution in [0.2, 0.25) is 0 Å². The van der Waals surface area contributed by atoms with Gasteiger partial charge in [0.2, 0.25) is 0 Å². The molecule has 1 N–H and O–H groups in total. The fourth-order valence-corrected chi connectivity index (χ4v) is 7.60. The Morgan fingerprint density at radius 1 is 0.940 bits per heavy atom. The van der Waals surface area contributed by atoms with Crippen LogP contribution in [-0.2, 0) is 36.7 Å². The molecule has 5 rings (SSSR count). The molecule has 3 heterocycles. The van der Waals surface area contributed by atoms with Gasteiger partial charge in [-0.05, 0) is 80.0 Å². The number of pyridine rings is 1. The number of benzene rings is 2. The molecule has 3 aromatic heterocycles. The van der Waals surface area contributed by atoms with E-state index in [0.29, 0.717) is 0 Å². The van der Waals surface area contributed by atoms with Crippen molar-refractivity contribution in [3.63, 3.8) is 0 Å². The summed E-state index contributed by atoms with van der Waals surface area (Å²) in [6.07, 6.45) is 5.96. The van der Waals surface area contributed by atoms with Crippen molar-refractivity contribution >= 4 is 48.3 Å². The third kappa shape index (κ3) is 9.66. The van der Waals surface area contributed by atoms with Crippen molar-refractivity contribution in [1.29, 1.82) is 0 Å². The second-order valence-electron chi connectivity index (χ2n) is 15.7. The Kier molecular flexibility index (Phi) is 13.5. The molecule has 0 atom stereocenters. The first-order valence-electron chi connectivity index (χ1n) is 18.4. The molecule has 0 fully saturated rings. The molecule has 0 bridgehead atoms. The van der Waals surface area contributed by atoms with Crippen molar-refractivity contribution < 1.29 is 31.4 Å². The summed E-state index contributed by atoms with van der Waals surface area (Å²) in [6, 6.07) is 14.4.